The van der Waals surface area contributed by atoms with Gasteiger partial charge in [0.1, 0.15) is 5.76 Å². The van der Waals surface area contributed by atoms with E-state index in [-0.39, 0.29) is 12.4 Å². The molecule has 0 aliphatic carbocycles. The van der Waals surface area contributed by atoms with Crippen molar-refractivity contribution in [3.8, 4) is 23.7 Å². The molecule has 0 saturated carbocycles. The normalized spacial score (nSPS) is 10.1. The first-order valence-electron chi connectivity index (χ1n) is 5.38. The van der Waals surface area contributed by atoms with Crippen LogP contribution in [0.15, 0.2) is 33.2 Å². The lowest BCUT2D eigenvalue weighted by atomic mass is 10.2. The van der Waals surface area contributed by atoms with Gasteiger partial charge >= 0.3 is 5.97 Å². The second-order valence-corrected chi connectivity index (χ2v) is 5.36. The zero-order valence-corrected chi connectivity index (χ0v) is 13.1. The van der Waals surface area contributed by atoms with Gasteiger partial charge in [0.05, 0.1) is 10.0 Å². The molecule has 0 atom stereocenters. The summed E-state index contributed by atoms with van der Waals surface area (Å²) in [6.45, 7) is -0.111. The summed E-state index contributed by atoms with van der Waals surface area (Å²) in [6.07, 6.45) is 5.01. The number of rotatable bonds is 3. The number of carbonyl (C=O) groups excluding carboxylic acids is 1. The number of carbonyl (C=O) groups is 1. The van der Waals surface area contributed by atoms with E-state index in [1.807, 2.05) is 0 Å². The van der Waals surface area contributed by atoms with Gasteiger partial charge in [-0.15, -0.1) is 6.42 Å². The van der Waals surface area contributed by atoms with Crippen LogP contribution in [0, 0.1) is 12.3 Å². The molecule has 0 fully saturated rings. The average Bonchev–Trinajstić information content (AvgIpc) is 2.89. The molecule has 2 aromatic rings. The number of hydrogen-bond donors (Lipinski definition) is 0. The molecule has 6 heteroatoms. The van der Waals surface area contributed by atoms with Crippen LogP contribution in [0.2, 0.25) is 10.0 Å². The maximum absolute atomic E-state index is 11.6. The summed E-state index contributed by atoms with van der Waals surface area (Å²) in [5, 5.41) is 0.927. The van der Waals surface area contributed by atoms with Crippen molar-refractivity contribution in [3.05, 3.63) is 44.5 Å². The predicted octanol–water partition coefficient (Wildman–Crippen LogP) is 4.81. The number of furan rings is 1. The van der Waals surface area contributed by atoms with Crippen LogP contribution in [-0.2, 0) is 4.74 Å². The summed E-state index contributed by atoms with van der Waals surface area (Å²) < 4.78 is 10.8. The highest BCUT2D eigenvalue weighted by molar-refractivity contribution is 9.10. The largest absolute Gasteiger partial charge is 0.449 e. The fourth-order valence-electron chi connectivity index (χ4n) is 1.48. The minimum Gasteiger partial charge on any atom is -0.449 e. The molecule has 2 rings (SSSR count). The molecular formula is C14H7BrCl2O3. The highest BCUT2D eigenvalue weighted by atomic mass is 79.9. The Morgan fingerprint density at radius 2 is 2.10 bits per heavy atom. The van der Waals surface area contributed by atoms with Crippen LogP contribution in [0.1, 0.15) is 10.6 Å². The number of benzene rings is 1. The molecule has 1 aromatic heterocycles. The molecule has 0 spiro atoms. The third-order valence-corrected chi connectivity index (χ3v) is 3.88. The zero-order valence-electron chi connectivity index (χ0n) is 9.95. The van der Waals surface area contributed by atoms with Gasteiger partial charge in [0.25, 0.3) is 0 Å². The van der Waals surface area contributed by atoms with Crippen molar-refractivity contribution in [3.63, 3.8) is 0 Å². The number of halogens is 3. The minimum atomic E-state index is -0.631. The highest BCUT2D eigenvalue weighted by Crippen LogP contribution is 2.36. The van der Waals surface area contributed by atoms with E-state index in [1.165, 1.54) is 6.07 Å². The molecule has 20 heavy (non-hydrogen) atoms. The molecule has 0 unspecified atom stereocenters. The van der Waals surface area contributed by atoms with E-state index in [0.717, 1.165) is 0 Å². The van der Waals surface area contributed by atoms with Crippen LogP contribution in [-0.4, -0.2) is 12.6 Å². The van der Waals surface area contributed by atoms with E-state index in [0.29, 0.717) is 25.8 Å². The molecule has 1 heterocycles. The smallest absolute Gasteiger partial charge is 0.375 e. The third kappa shape index (κ3) is 3.18. The molecule has 0 radical (unpaired) electrons. The van der Waals surface area contributed by atoms with E-state index in [1.54, 1.807) is 18.2 Å². The Morgan fingerprint density at radius 3 is 2.80 bits per heavy atom. The molecule has 0 N–H and O–H groups in total. The van der Waals surface area contributed by atoms with Crippen LogP contribution >= 0.6 is 39.1 Å². The molecule has 3 nitrogen and oxygen atoms in total. The van der Waals surface area contributed by atoms with Gasteiger partial charge in [-0.3, -0.25) is 0 Å². The van der Waals surface area contributed by atoms with Crippen molar-refractivity contribution >= 4 is 45.1 Å². The summed E-state index contributed by atoms with van der Waals surface area (Å²) in [6, 6.07) is 6.39. The quantitative estimate of drug-likeness (QED) is 0.440. The number of hydrogen-bond acceptors (Lipinski definition) is 3. The predicted molar refractivity (Wildman–Crippen MR) is 81.0 cm³/mol. The molecule has 0 amide bonds. The Balaban J connectivity index is 2.32. The van der Waals surface area contributed by atoms with Crippen molar-refractivity contribution < 1.29 is 13.9 Å². The molecule has 0 bridgehead atoms. The van der Waals surface area contributed by atoms with E-state index < -0.39 is 5.97 Å². The van der Waals surface area contributed by atoms with Crippen LogP contribution in [0.25, 0.3) is 11.3 Å². The second-order valence-electron chi connectivity index (χ2n) is 3.69. The average molecular weight is 374 g/mol. The maximum atomic E-state index is 11.6. The lowest BCUT2D eigenvalue weighted by molar-refractivity contribution is 0.0521. The first kappa shape index (κ1) is 15.0. The third-order valence-electron chi connectivity index (χ3n) is 2.37. The highest BCUT2D eigenvalue weighted by Gasteiger charge is 2.16. The van der Waals surface area contributed by atoms with Crippen molar-refractivity contribution in [1.29, 1.82) is 0 Å². The first-order chi connectivity index (χ1) is 9.52. The Labute approximate surface area is 133 Å². The molecular weight excluding hydrogens is 367 g/mol. The van der Waals surface area contributed by atoms with Gasteiger partial charge in [0, 0.05) is 10.0 Å². The summed E-state index contributed by atoms with van der Waals surface area (Å²) in [5.41, 5.74) is 0.580. The van der Waals surface area contributed by atoms with E-state index in [2.05, 4.69) is 21.9 Å². The van der Waals surface area contributed by atoms with Crippen LogP contribution in [0.4, 0.5) is 0 Å². The Morgan fingerprint density at radius 1 is 1.35 bits per heavy atom. The SMILES string of the molecule is C#CCOC(=O)c1ccc(-c2cc(Cl)c(Br)cc2Cl)o1. The molecule has 102 valence electrons. The lowest BCUT2D eigenvalue weighted by Crippen LogP contribution is -2.03. The Hall–Kier alpha value is -1.41. The van der Waals surface area contributed by atoms with E-state index in [4.69, 9.17) is 38.8 Å². The fraction of sp³-hybridized carbons (Fsp3) is 0.0714. The van der Waals surface area contributed by atoms with Crippen LogP contribution in [0.5, 0.6) is 0 Å². The Kier molecular flexibility index (Phi) is 4.77. The van der Waals surface area contributed by atoms with Crippen molar-refractivity contribution in [2.24, 2.45) is 0 Å². The van der Waals surface area contributed by atoms with Crippen molar-refractivity contribution in [1.82, 2.24) is 0 Å². The molecule has 0 saturated heterocycles. The maximum Gasteiger partial charge on any atom is 0.375 e. The van der Waals surface area contributed by atoms with Gasteiger partial charge < -0.3 is 9.15 Å². The topological polar surface area (TPSA) is 39.4 Å². The summed E-state index contributed by atoms with van der Waals surface area (Å²) in [5.74, 6) is 2.03. The summed E-state index contributed by atoms with van der Waals surface area (Å²) in [7, 11) is 0. The Bertz CT molecular complexity index is 701. The lowest BCUT2D eigenvalue weighted by Gasteiger charge is -2.04. The van der Waals surface area contributed by atoms with Crippen LogP contribution < -0.4 is 0 Å². The molecule has 0 aliphatic heterocycles. The summed E-state index contributed by atoms with van der Waals surface area (Å²) >= 11 is 15.4. The number of esters is 1. The van der Waals surface area contributed by atoms with Gasteiger partial charge in [-0.25, -0.2) is 4.79 Å². The van der Waals surface area contributed by atoms with E-state index in [9.17, 15) is 4.79 Å². The van der Waals surface area contributed by atoms with Gasteiger partial charge in [-0.2, -0.15) is 0 Å². The first-order valence-corrected chi connectivity index (χ1v) is 6.93. The van der Waals surface area contributed by atoms with Crippen molar-refractivity contribution in [2.45, 2.75) is 0 Å². The number of terminal acetylenes is 1. The standard InChI is InChI=1S/C14H7BrCl2O3/c1-2-5-19-14(18)13-4-3-12(20-13)8-6-11(17)9(15)7-10(8)16/h1,3-4,6-7H,5H2. The van der Waals surface area contributed by atoms with E-state index >= 15 is 0 Å². The molecule has 0 aliphatic rings. The monoisotopic (exact) mass is 372 g/mol. The van der Waals surface area contributed by atoms with Gasteiger partial charge in [-0.1, -0.05) is 29.1 Å². The second kappa shape index (κ2) is 6.36. The zero-order chi connectivity index (χ0) is 14.7. The number of ether oxygens (including phenoxy) is 1. The van der Waals surface area contributed by atoms with Crippen LogP contribution in [0.3, 0.4) is 0 Å². The molecule has 1 aromatic carbocycles. The van der Waals surface area contributed by atoms with Gasteiger partial charge in [0.15, 0.2) is 6.61 Å². The van der Waals surface area contributed by atoms with Gasteiger partial charge in [-0.05, 0) is 40.2 Å². The minimum absolute atomic E-state index is 0.0466. The van der Waals surface area contributed by atoms with Crippen molar-refractivity contribution in [2.75, 3.05) is 6.61 Å². The fourth-order valence-corrected chi connectivity index (χ4v) is 2.38. The summed E-state index contributed by atoms with van der Waals surface area (Å²) in [4.78, 5) is 11.6. The van der Waals surface area contributed by atoms with Gasteiger partial charge in [0.2, 0.25) is 5.76 Å².